The standard InChI is InChI=1S/C14H21ClN2/c1-11-4-2-7-14(9-16)17(11)10-12-5-3-6-13(15)8-12/h3,5-6,8,11,14H,2,4,7,9-10,16H2,1H3. The van der Waals surface area contributed by atoms with Crippen molar-refractivity contribution < 1.29 is 0 Å². The summed E-state index contributed by atoms with van der Waals surface area (Å²) >= 11 is 6.03. The summed E-state index contributed by atoms with van der Waals surface area (Å²) in [6.07, 6.45) is 3.80. The Morgan fingerprint density at radius 2 is 2.24 bits per heavy atom. The zero-order valence-corrected chi connectivity index (χ0v) is 11.2. The molecule has 0 saturated carbocycles. The Labute approximate surface area is 109 Å². The molecule has 2 atom stereocenters. The van der Waals surface area contributed by atoms with Crippen LogP contribution in [0.2, 0.25) is 5.02 Å². The monoisotopic (exact) mass is 252 g/mol. The fourth-order valence-corrected chi connectivity index (χ4v) is 2.94. The Hall–Kier alpha value is -0.570. The molecule has 0 bridgehead atoms. The summed E-state index contributed by atoms with van der Waals surface area (Å²) < 4.78 is 0. The molecule has 1 saturated heterocycles. The molecule has 2 nitrogen and oxygen atoms in total. The third-order valence-electron chi connectivity index (χ3n) is 3.72. The van der Waals surface area contributed by atoms with Crippen LogP contribution >= 0.6 is 11.6 Å². The van der Waals surface area contributed by atoms with E-state index in [1.54, 1.807) is 0 Å². The highest BCUT2D eigenvalue weighted by atomic mass is 35.5. The van der Waals surface area contributed by atoms with E-state index in [1.807, 2.05) is 12.1 Å². The van der Waals surface area contributed by atoms with Gasteiger partial charge < -0.3 is 5.73 Å². The van der Waals surface area contributed by atoms with Crippen LogP contribution in [0, 0.1) is 0 Å². The average molecular weight is 253 g/mol. The van der Waals surface area contributed by atoms with E-state index < -0.39 is 0 Å². The Balaban J connectivity index is 2.09. The number of halogens is 1. The molecule has 17 heavy (non-hydrogen) atoms. The van der Waals surface area contributed by atoms with E-state index >= 15 is 0 Å². The molecule has 3 heteroatoms. The van der Waals surface area contributed by atoms with Gasteiger partial charge in [-0.25, -0.2) is 0 Å². The lowest BCUT2D eigenvalue weighted by Crippen LogP contribution is -2.48. The van der Waals surface area contributed by atoms with Crippen LogP contribution in [0.5, 0.6) is 0 Å². The van der Waals surface area contributed by atoms with Crippen molar-refractivity contribution in [2.45, 2.75) is 44.8 Å². The zero-order valence-electron chi connectivity index (χ0n) is 10.4. The van der Waals surface area contributed by atoms with Crippen molar-refractivity contribution in [1.29, 1.82) is 0 Å². The van der Waals surface area contributed by atoms with E-state index in [0.717, 1.165) is 18.1 Å². The second-order valence-electron chi connectivity index (χ2n) is 4.97. The number of nitrogens with zero attached hydrogens (tertiary/aromatic N) is 1. The quantitative estimate of drug-likeness (QED) is 0.896. The summed E-state index contributed by atoms with van der Waals surface area (Å²) in [7, 11) is 0. The molecule has 0 aliphatic carbocycles. The highest BCUT2D eigenvalue weighted by Crippen LogP contribution is 2.25. The summed E-state index contributed by atoms with van der Waals surface area (Å²) in [6.45, 7) is 4.01. The lowest BCUT2D eigenvalue weighted by atomic mass is 9.95. The number of likely N-dealkylation sites (tertiary alicyclic amines) is 1. The van der Waals surface area contributed by atoms with Crippen LogP contribution in [0.1, 0.15) is 31.7 Å². The third-order valence-corrected chi connectivity index (χ3v) is 3.96. The van der Waals surface area contributed by atoms with E-state index in [4.69, 9.17) is 17.3 Å². The molecule has 1 heterocycles. The van der Waals surface area contributed by atoms with Crippen molar-refractivity contribution in [2.75, 3.05) is 6.54 Å². The molecule has 1 aliphatic rings. The van der Waals surface area contributed by atoms with Gasteiger partial charge in [-0.2, -0.15) is 0 Å². The van der Waals surface area contributed by atoms with E-state index in [1.165, 1.54) is 24.8 Å². The van der Waals surface area contributed by atoms with Crippen LogP contribution in [-0.4, -0.2) is 23.5 Å². The second kappa shape index (κ2) is 5.85. The predicted molar refractivity (Wildman–Crippen MR) is 73.2 cm³/mol. The third kappa shape index (κ3) is 3.21. The maximum atomic E-state index is 6.03. The molecule has 1 fully saturated rings. The van der Waals surface area contributed by atoms with E-state index in [0.29, 0.717) is 12.1 Å². The fraction of sp³-hybridized carbons (Fsp3) is 0.571. The lowest BCUT2D eigenvalue weighted by Gasteiger charge is -2.40. The summed E-state index contributed by atoms with van der Waals surface area (Å²) in [5.41, 5.74) is 7.15. The summed E-state index contributed by atoms with van der Waals surface area (Å²) in [5.74, 6) is 0. The van der Waals surface area contributed by atoms with Gasteiger partial charge in [-0.1, -0.05) is 30.2 Å². The molecule has 2 rings (SSSR count). The highest BCUT2D eigenvalue weighted by Gasteiger charge is 2.26. The molecule has 1 aliphatic heterocycles. The fourth-order valence-electron chi connectivity index (χ4n) is 2.72. The first kappa shape index (κ1) is 12.9. The molecule has 0 radical (unpaired) electrons. The smallest absolute Gasteiger partial charge is 0.0409 e. The molecular weight excluding hydrogens is 232 g/mol. The van der Waals surface area contributed by atoms with Crippen molar-refractivity contribution in [3.05, 3.63) is 34.9 Å². The summed E-state index contributed by atoms with van der Waals surface area (Å²) in [6, 6.07) is 9.28. The number of nitrogens with two attached hydrogens (primary N) is 1. The Morgan fingerprint density at radius 1 is 1.41 bits per heavy atom. The van der Waals surface area contributed by atoms with Crippen molar-refractivity contribution in [2.24, 2.45) is 5.73 Å². The van der Waals surface area contributed by atoms with Gasteiger partial charge in [-0.05, 0) is 37.5 Å². The number of piperidine rings is 1. The van der Waals surface area contributed by atoms with Gasteiger partial charge in [0.25, 0.3) is 0 Å². The molecule has 2 unspecified atom stereocenters. The Kier molecular flexibility index (Phi) is 4.43. The molecule has 0 aromatic heterocycles. The number of benzene rings is 1. The largest absolute Gasteiger partial charge is 0.329 e. The van der Waals surface area contributed by atoms with Crippen LogP contribution < -0.4 is 5.73 Å². The first-order valence-electron chi connectivity index (χ1n) is 6.41. The maximum absolute atomic E-state index is 6.03. The van der Waals surface area contributed by atoms with Crippen molar-refractivity contribution >= 4 is 11.6 Å². The number of rotatable bonds is 3. The lowest BCUT2D eigenvalue weighted by molar-refractivity contribution is 0.0892. The maximum Gasteiger partial charge on any atom is 0.0409 e. The van der Waals surface area contributed by atoms with E-state index in [-0.39, 0.29) is 0 Å². The zero-order chi connectivity index (χ0) is 12.3. The Morgan fingerprint density at radius 3 is 2.94 bits per heavy atom. The van der Waals surface area contributed by atoms with Crippen molar-refractivity contribution in [3.63, 3.8) is 0 Å². The first-order chi connectivity index (χ1) is 8.20. The average Bonchev–Trinajstić information content (AvgIpc) is 2.32. The van der Waals surface area contributed by atoms with Gasteiger partial charge in [0.1, 0.15) is 0 Å². The minimum absolute atomic E-state index is 0.526. The second-order valence-corrected chi connectivity index (χ2v) is 5.41. The van der Waals surface area contributed by atoms with Gasteiger partial charge in [0.2, 0.25) is 0 Å². The Bertz CT molecular complexity index is 367. The molecule has 1 aromatic rings. The normalized spacial score (nSPS) is 26.1. The van der Waals surface area contributed by atoms with Gasteiger partial charge >= 0.3 is 0 Å². The van der Waals surface area contributed by atoms with Gasteiger partial charge in [0.15, 0.2) is 0 Å². The van der Waals surface area contributed by atoms with Gasteiger partial charge in [0.05, 0.1) is 0 Å². The van der Waals surface area contributed by atoms with Crippen LogP contribution in [0.25, 0.3) is 0 Å². The summed E-state index contributed by atoms with van der Waals surface area (Å²) in [5, 5.41) is 0.816. The van der Waals surface area contributed by atoms with Gasteiger partial charge in [-0.15, -0.1) is 0 Å². The van der Waals surface area contributed by atoms with Gasteiger partial charge in [-0.3, -0.25) is 4.90 Å². The minimum atomic E-state index is 0.526. The predicted octanol–water partition coefficient (Wildman–Crippen LogP) is 3.04. The molecular formula is C14H21ClN2. The first-order valence-corrected chi connectivity index (χ1v) is 6.78. The van der Waals surface area contributed by atoms with Crippen LogP contribution in [0.4, 0.5) is 0 Å². The molecule has 2 N–H and O–H groups in total. The minimum Gasteiger partial charge on any atom is -0.329 e. The van der Waals surface area contributed by atoms with E-state index in [2.05, 4.69) is 24.0 Å². The SMILES string of the molecule is CC1CCCC(CN)N1Cc1cccc(Cl)c1. The topological polar surface area (TPSA) is 29.3 Å². The van der Waals surface area contributed by atoms with Gasteiger partial charge in [0, 0.05) is 30.2 Å². The summed E-state index contributed by atoms with van der Waals surface area (Å²) in [4.78, 5) is 2.52. The highest BCUT2D eigenvalue weighted by molar-refractivity contribution is 6.30. The molecule has 94 valence electrons. The van der Waals surface area contributed by atoms with E-state index in [9.17, 15) is 0 Å². The van der Waals surface area contributed by atoms with Crippen molar-refractivity contribution in [3.8, 4) is 0 Å². The van der Waals surface area contributed by atoms with Crippen LogP contribution in [0.15, 0.2) is 24.3 Å². The van der Waals surface area contributed by atoms with Crippen molar-refractivity contribution in [1.82, 2.24) is 4.90 Å². The van der Waals surface area contributed by atoms with Crippen LogP contribution in [-0.2, 0) is 6.54 Å². The molecule has 1 aromatic carbocycles. The van der Waals surface area contributed by atoms with Crippen LogP contribution in [0.3, 0.4) is 0 Å². The number of hydrogen-bond acceptors (Lipinski definition) is 2. The molecule has 0 spiro atoms. The number of hydrogen-bond donors (Lipinski definition) is 1. The molecule has 0 amide bonds.